The molecule has 0 aliphatic heterocycles. The second-order valence-corrected chi connectivity index (χ2v) is 6.36. The molecule has 112 valence electrons. The average Bonchev–Trinajstić information content (AvgIpc) is 3.11. The molecule has 1 fully saturated rings. The molecule has 0 amide bonds. The molecule has 1 unspecified atom stereocenters. The number of rotatable bonds is 7. The summed E-state index contributed by atoms with van der Waals surface area (Å²) in [5.74, 6) is 1.78. The van der Waals surface area contributed by atoms with Gasteiger partial charge in [0.25, 0.3) is 0 Å². The fourth-order valence-electron chi connectivity index (χ4n) is 2.35. The highest BCUT2D eigenvalue weighted by atomic mass is 32.1. The highest BCUT2D eigenvalue weighted by Crippen LogP contribution is 2.34. The first kappa shape index (κ1) is 15.3. The highest BCUT2D eigenvalue weighted by Gasteiger charge is 2.32. The molecule has 2 rings (SSSR count). The summed E-state index contributed by atoms with van der Waals surface area (Å²) in [7, 11) is 4.33. The standard InChI is InChI=1S/C15H26N4S/c1-4-16-15(17-9-12-7-8-20-11-12)18-10-14(19(2)3)13-5-6-13/h7-8,11,13-14H,4-6,9-10H2,1-3H3,(H2,16,17,18). The summed E-state index contributed by atoms with van der Waals surface area (Å²) in [6, 6.07) is 2.74. The molecule has 0 aromatic carbocycles. The number of thiophene rings is 1. The van der Waals surface area contributed by atoms with Gasteiger partial charge in [-0.2, -0.15) is 11.3 Å². The van der Waals surface area contributed by atoms with Gasteiger partial charge < -0.3 is 15.5 Å². The summed E-state index contributed by atoms with van der Waals surface area (Å²) in [5.41, 5.74) is 1.28. The minimum absolute atomic E-state index is 0.611. The van der Waals surface area contributed by atoms with Crippen LogP contribution in [-0.2, 0) is 6.54 Å². The van der Waals surface area contributed by atoms with E-state index in [2.05, 4.69) is 58.4 Å². The van der Waals surface area contributed by atoms with Crippen molar-refractivity contribution in [1.29, 1.82) is 0 Å². The van der Waals surface area contributed by atoms with Gasteiger partial charge in [-0.25, -0.2) is 4.99 Å². The van der Waals surface area contributed by atoms with Crippen LogP contribution in [0.25, 0.3) is 0 Å². The SMILES string of the molecule is CCNC(=NCc1ccsc1)NCC(C1CC1)N(C)C. The largest absolute Gasteiger partial charge is 0.357 e. The molecule has 1 aliphatic carbocycles. The Morgan fingerprint density at radius 3 is 2.80 bits per heavy atom. The Bertz CT molecular complexity index is 408. The van der Waals surface area contributed by atoms with E-state index in [1.165, 1.54) is 18.4 Å². The normalized spacial score (nSPS) is 17.3. The third-order valence-electron chi connectivity index (χ3n) is 3.65. The highest BCUT2D eigenvalue weighted by molar-refractivity contribution is 7.07. The van der Waals surface area contributed by atoms with Crippen LogP contribution in [0, 0.1) is 5.92 Å². The van der Waals surface area contributed by atoms with Crippen molar-refractivity contribution >= 4 is 17.3 Å². The molecule has 0 radical (unpaired) electrons. The van der Waals surface area contributed by atoms with Crippen LogP contribution >= 0.6 is 11.3 Å². The molecule has 1 aliphatic rings. The van der Waals surface area contributed by atoms with Crippen LogP contribution in [0.5, 0.6) is 0 Å². The van der Waals surface area contributed by atoms with E-state index in [9.17, 15) is 0 Å². The van der Waals surface area contributed by atoms with Crippen molar-refractivity contribution < 1.29 is 0 Å². The fourth-order valence-corrected chi connectivity index (χ4v) is 3.01. The molecule has 20 heavy (non-hydrogen) atoms. The van der Waals surface area contributed by atoms with Crippen molar-refractivity contribution in [1.82, 2.24) is 15.5 Å². The molecular weight excluding hydrogens is 268 g/mol. The molecule has 1 aromatic rings. The number of hydrogen-bond donors (Lipinski definition) is 2. The molecule has 0 bridgehead atoms. The van der Waals surface area contributed by atoms with E-state index in [0.717, 1.165) is 31.5 Å². The van der Waals surface area contributed by atoms with Crippen molar-refractivity contribution in [3.05, 3.63) is 22.4 Å². The summed E-state index contributed by atoms with van der Waals surface area (Å²) in [5, 5.41) is 11.1. The monoisotopic (exact) mass is 294 g/mol. The number of hydrogen-bond acceptors (Lipinski definition) is 3. The van der Waals surface area contributed by atoms with Crippen molar-refractivity contribution in [2.75, 3.05) is 27.2 Å². The Hall–Kier alpha value is -1.07. The summed E-state index contributed by atoms with van der Waals surface area (Å²) in [6.45, 7) is 4.71. The van der Waals surface area contributed by atoms with Crippen molar-refractivity contribution in [3.8, 4) is 0 Å². The quantitative estimate of drug-likeness (QED) is 0.598. The summed E-state index contributed by atoms with van der Waals surface area (Å²) in [6.07, 6.45) is 2.74. The lowest BCUT2D eigenvalue weighted by molar-refractivity contribution is 0.264. The van der Waals surface area contributed by atoms with Crippen LogP contribution in [0.1, 0.15) is 25.3 Å². The van der Waals surface area contributed by atoms with Crippen LogP contribution < -0.4 is 10.6 Å². The fraction of sp³-hybridized carbons (Fsp3) is 0.667. The first-order chi connectivity index (χ1) is 9.70. The van der Waals surface area contributed by atoms with Crippen molar-refractivity contribution in [2.45, 2.75) is 32.4 Å². The van der Waals surface area contributed by atoms with Gasteiger partial charge in [-0.1, -0.05) is 0 Å². The number of nitrogens with one attached hydrogen (secondary N) is 2. The van der Waals surface area contributed by atoms with E-state index >= 15 is 0 Å². The van der Waals surface area contributed by atoms with Crippen LogP contribution in [0.4, 0.5) is 0 Å². The number of aliphatic imine (C=N–C) groups is 1. The first-order valence-corrected chi connectivity index (χ1v) is 8.34. The van der Waals surface area contributed by atoms with Gasteiger partial charge in [-0.15, -0.1) is 0 Å². The molecule has 4 nitrogen and oxygen atoms in total. The Morgan fingerprint density at radius 2 is 2.25 bits per heavy atom. The Morgan fingerprint density at radius 1 is 1.45 bits per heavy atom. The zero-order valence-electron chi connectivity index (χ0n) is 12.7. The minimum Gasteiger partial charge on any atom is -0.357 e. The van der Waals surface area contributed by atoms with Gasteiger partial charge in [-0.05, 0) is 62.2 Å². The van der Waals surface area contributed by atoms with E-state index in [0.29, 0.717) is 6.04 Å². The van der Waals surface area contributed by atoms with Gasteiger partial charge in [0.2, 0.25) is 0 Å². The van der Waals surface area contributed by atoms with Crippen LogP contribution in [0.15, 0.2) is 21.8 Å². The minimum atomic E-state index is 0.611. The average molecular weight is 294 g/mol. The van der Waals surface area contributed by atoms with E-state index in [1.807, 2.05) is 0 Å². The Balaban J connectivity index is 1.86. The first-order valence-electron chi connectivity index (χ1n) is 7.40. The molecule has 0 spiro atoms. The molecule has 1 heterocycles. The van der Waals surface area contributed by atoms with Gasteiger partial charge >= 0.3 is 0 Å². The lowest BCUT2D eigenvalue weighted by atomic mass is 10.1. The number of likely N-dealkylation sites (N-methyl/N-ethyl adjacent to an activating group) is 1. The van der Waals surface area contributed by atoms with Crippen LogP contribution in [0.2, 0.25) is 0 Å². The molecule has 1 saturated carbocycles. The zero-order valence-corrected chi connectivity index (χ0v) is 13.5. The molecule has 2 N–H and O–H groups in total. The molecule has 1 atom stereocenters. The van der Waals surface area contributed by atoms with E-state index in [1.54, 1.807) is 11.3 Å². The third kappa shape index (κ3) is 4.80. The maximum absolute atomic E-state index is 4.65. The second kappa shape index (κ2) is 7.64. The lowest BCUT2D eigenvalue weighted by Crippen LogP contribution is -2.46. The maximum atomic E-state index is 4.65. The van der Waals surface area contributed by atoms with Gasteiger partial charge in [0.15, 0.2) is 5.96 Å². The van der Waals surface area contributed by atoms with Crippen molar-refractivity contribution in [2.24, 2.45) is 10.9 Å². The van der Waals surface area contributed by atoms with Crippen molar-refractivity contribution in [3.63, 3.8) is 0 Å². The van der Waals surface area contributed by atoms with Gasteiger partial charge in [0.05, 0.1) is 6.54 Å². The smallest absolute Gasteiger partial charge is 0.191 e. The predicted octanol–water partition coefficient (Wildman–Crippen LogP) is 2.14. The Labute approximate surface area is 126 Å². The van der Waals surface area contributed by atoms with Crippen LogP contribution in [-0.4, -0.2) is 44.1 Å². The summed E-state index contributed by atoms with van der Waals surface area (Å²) in [4.78, 5) is 6.98. The third-order valence-corrected chi connectivity index (χ3v) is 4.38. The van der Waals surface area contributed by atoms with E-state index in [-0.39, 0.29) is 0 Å². The van der Waals surface area contributed by atoms with Crippen LogP contribution in [0.3, 0.4) is 0 Å². The molecule has 1 aromatic heterocycles. The van der Waals surface area contributed by atoms with Gasteiger partial charge in [0, 0.05) is 19.1 Å². The Kier molecular flexibility index (Phi) is 5.86. The number of nitrogens with zero attached hydrogens (tertiary/aromatic N) is 2. The lowest BCUT2D eigenvalue weighted by Gasteiger charge is -2.25. The summed E-state index contributed by atoms with van der Waals surface area (Å²) < 4.78 is 0. The van der Waals surface area contributed by atoms with Gasteiger partial charge in [-0.3, -0.25) is 0 Å². The molecule has 0 saturated heterocycles. The van der Waals surface area contributed by atoms with E-state index < -0.39 is 0 Å². The molecular formula is C15H26N4S. The number of guanidine groups is 1. The predicted molar refractivity (Wildman–Crippen MR) is 87.3 cm³/mol. The second-order valence-electron chi connectivity index (χ2n) is 5.58. The summed E-state index contributed by atoms with van der Waals surface area (Å²) >= 11 is 1.72. The zero-order chi connectivity index (χ0) is 14.4. The molecule has 5 heteroatoms. The van der Waals surface area contributed by atoms with Gasteiger partial charge in [0.1, 0.15) is 0 Å². The van der Waals surface area contributed by atoms with E-state index in [4.69, 9.17) is 0 Å². The maximum Gasteiger partial charge on any atom is 0.191 e. The topological polar surface area (TPSA) is 39.7 Å².